The second-order valence-electron chi connectivity index (χ2n) is 5.38. The van der Waals surface area contributed by atoms with Crippen molar-refractivity contribution >= 4 is 26.7 Å². The summed E-state index contributed by atoms with van der Waals surface area (Å²) in [6.45, 7) is 4.28. The van der Waals surface area contributed by atoms with Gasteiger partial charge in [0.25, 0.3) is 10.0 Å². The number of aromatic nitrogens is 3. The lowest BCUT2D eigenvalue weighted by Crippen LogP contribution is -2.13. The zero-order valence-electron chi connectivity index (χ0n) is 13.6. The van der Waals surface area contributed by atoms with Crippen LogP contribution in [0, 0.1) is 6.92 Å². The van der Waals surface area contributed by atoms with Gasteiger partial charge in [0.2, 0.25) is 0 Å². The van der Waals surface area contributed by atoms with Crippen LogP contribution in [0.2, 0.25) is 0 Å². The van der Waals surface area contributed by atoms with Crippen molar-refractivity contribution in [1.82, 2.24) is 15.0 Å². The number of nitrogens with zero attached hydrogens (tertiary/aromatic N) is 3. The Hall–Kier alpha value is -2.61. The summed E-state index contributed by atoms with van der Waals surface area (Å²) in [5, 5.41) is 7.83. The first-order valence-electron chi connectivity index (χ1n) is 7.46. The summed E-state index contributed by atoms with van der Waals surface area (Å²) < 4.78 is 34.8. The van der Waals surface area contributed by atoms with E-state index < -0.39 is 10.0 Å². The van der Waals surface area contributed by atoms with Crippen LogP contribution < -0.4 is 9.46 Å². The van der Waals surface area contributed by atoms with E-state index in [2.05, 4.69) is 15.0 Å². The van der Waals surface area contributed by atoms with Crippen LogP contribution in [0.25, 0.3) is 11.0 Å². The second kappa shape index (κ2) is 6.12. The Balaban J connectivity index is 1.92. The van der Waals surface area contributed by atoms with Crippen molar-refractivity contribution in [1.29, 1.82) is 0 Å². The molecule has 24 heavy (non-hydrogen) atoms. The Morgan fingerprint density at radius 1 is 1.21 bits per heavy atom. The fourth-order valence-electron chi connectivity index (χ4n) is 2.40. The summed E-state index contributed by atoms with van der Waals surface area (Å²) in [4.78, 5) is 0.142. The minimum atomic E-state index is -3.71. The van der Waals surface area contributed by atoms with Crippen molar-refractivity contribution in [2.75, 3.05) is 11.3 Å². The first-order chi connectivity index (χ1) is 11.4. The Morgan fingerprint density at radius 3 is 2.71 bits per heavy atom. The molecule has 0 aliphatic carbocycles. The highest BCUT2D eigenvalue weighted by molar-refractivity contribution is 7.92. The van der Waals surface area contributed by atoms with Crippen LogP contribution in [0.15, 0.2) is 41.3 Å². The number of ether oxygens (including phenoxy) is 1. The molecule has 3 aromatic rings. The molecule has 1 N–H and O–H groups in total. The van der Waals surface area contributed by atoms with Crippen molar-refractivity contribution in [3.63, 3.8) is 0 Å². The summed E-state index contributed by atoms with van der Waals surface area (Å²) in [5.74, 6) is 0.707. The van der Waals surface area contributed by atoms with Crippen molar-refractivity contribution in [3.05, 3.63) is 42.0 Å². The molecule has 7 nitrogen and oxygen atoms in total. The fraction of sp³-hybridized carbons (Fsp3) is 0.250. The highest BCUT2D eigenvalue weighted by atomic mass is 32.2. The first kappa shape index (κ1) is 16.3. The smallest absolute Gasteiger partial charge is 0.261 e. The number of hydrogen-bond donors (Lipinski definition) is 1. The number of sulfonamides is 1. The highest BCUT2D eigenvalue weighted by Crippen LogP contribution is 2.25. The highest BCUT2D eigenvalue weighted by Gasteiger charge is 2.17. The van der Waals surface area contributed by atoms with E-state index in [1.807, 2.05) is 13.8 Å². The third-order valence-corrected chi connectivity index (χ3v) is 5.01. The van der Waals surface area contributed by atoms with Gasteiger partial charge < -0.3 is 4.74 Å². The SMILES string of the molecule is CCOc1ccc(NS(=O)(=O)c2ccc3c(c2)nnn3C)c(C)c1. The lowest BCUT2D eigenvalue weighted by Gasteiger charge is -2.12. The molecule has 0 atom stereocenters. The molecule has 0 saturated heterocycles. The predicted octanol–water partition coefficient (Wildman–Crippen LogP) is 2.48. The number of hydrogen-bond acceptors (Lipinski definition) is 5. The van der Waals surface area contributed by atoms with Gasteiger partial charge in [0.15, 0.2) is 0 Å². The molecule has 8 heteroatoms. The van der Waals surface area contributed by atoms with Crippen LogP contribution in [0.1, 0.15) is 12.5 Å². The minimum absolute atomic E-state index is 0.142. The van der Waals surface area contributed by atoms with Crippen LogP contribution in [0.3, 0.4) is 0 Å². The summed E-state index contributed by atoms with van der Waals surface area (Å²) in [6.07, 6.45) is 0. The standard InChI is InChI=1S/C16H18N4O3S/c1-4-23-12-5-7-14(11(2)9-12)18-24(21,22)13-6-8-16-15(10-13)17-19-20(16)3/h5-10,18H,4H2,1-3H3. The molecule has 126 valence electrons. The molecule has 0 fully saturated rings. The van der Waals surface area contributed by atoms with Crippen molar-refractivity contribution < 1.29 is 13.2 Å². The summed E-state index contributed by atoms with van der Waals surface area (Å²) in [6, 6.07) is 9.97. The Morgan fingerprint density at radius 2 is 2.00 bits per heavy atom. The summed E-state index contributed by atoms with van der Waals surface area (Å²) >= 11 is 0. The third-order valence-electron chi connectivity index (χ3n) is 3.65. The van der Waals surface area contributed by atoms with E-state index in [0.717, 1.165) is 11.1 Å². The number of benzene rings is 2. The zero-order valence-corrected chi connectivity index (χ0v) is 14.5. The molecular weight excluding hydrogens is 328 g/mol. The number of fused-ring (bicyclic) bond motifs is 1. The summed E-state index contributed by atoms with van der Waals surface area (Å²) in [5.41, 5.74) is 2.60. The molecule has 0 saturated carbocycles. The van der Waals surface area contributed by atoms with Crippen molar-refractivity contribution in [3.8, 4) is 5.75 Å². The number of rotatable bonds is 5. The lowest BCUT2D eigenvalue weighted by molar-refractivity contribution is 0.340. The van der Waals surface area contributed by atoms with E-state index in [9.17, 15) is 8.42 Å². The average molecular weight is 346 g/mol. The van der Waals surface area contributed by atoms with Gasteiger partial charge in [0, 0.05) is 7.05 Å². The molecule has 0 bridgehead atoms. The van der Waals surface area contributed by atoms with Crippen LogP contribution >= 0.6 is 0 Å². The summed E-state index contributed by atoms with van der Waals surface area (Å²) in [7, 11) is -1.96. The molecule has 3 rings (SSSR count). The Kier molecular flexibility index (Phi) is 4.15. The van der Waals surface area contributed by atoms with Gasteiger partial charge in [-0.15, -0.1) is 5.10 Å². The van der Waals surface area contributed by atoms with Gasteiger partial charge in [0.05, 0.1) is 22.7 Å². The maximum absolute atomic E-state index is 12.6. The average Bonchev–Trinajstić information content (AvgIpc) is 2.91. The van der Waals surface area contributed by atoms with Gasteiger partial charge >= 0.3 is 0 Å². The van der Waals surface area contributed by atoms with E-state index in [1.165, 1.54) is 12.1 Å². The normalized spacial score (nSPS) is 11.6. The largest absolute Gasteiger partial charge is 0.494 e. The number of nitrogens with one attached hydrogen (secondary N) is 1. The molecule has 2 aromatic carbocycles. The minimum Gasteiger partial charge on any atom is -0.494 e. The van der Waals surface area contributed by atoms with E-state index in [0.29, 0.717) is 23.6 Å². The van der Waals surface area contributed by atoms with E-state index >= 15 is 0 Å². The monoisotopic (exact) mass is 346 g/mol. The molecule has 0 aliphatic rings. The van der Waals surface area contributed by atoms with Gasteiger partial charge in [0.1, 0.15) is 11.3 Å². The third kappa shape index (κ3) is 3.05. The van der Waals surface area contributed by atoms with Gasteiger partial charge in [-0.1, -0.05) is 5.21 Å². The zero-order chi connectivity index (χ0) is 17.3. The van der Waals surface area contributed by atoms with Gasteiger partial charge in [-0.05, 0) is 55.8 Å². The molecule has 0 spiro atoms. The van der Waals surface area contributed by atoms with Crippen molar-refractivity contribution in [2.45, 2.75) is 18.7 Å². The molecule has 0 radical (unpaired) electrons. The molecule has 1 aromatic heterocycles. The Bertz CT molecular complexity index is 996. The fourth-order valence-corrected chi connectivity index (χ4v) is 3.55. The maximum atomic E-state index is 12.6. The topological polar surface area (TPSA) is 86.1 Å². The van der Waals surface area contributed by atoms with Crippen LogP contribution in [-0.4, -0.2) is 30.0 Å². The lowest BCUT2D eigenvalue weighted by atomic mass is 10.2. The molecule has 1 heterocycles. The van der Waals surface area contributed by atoms with Crippen LogP contribution in [0.5, 0.6) is 5.75 Å². The van der Waals surface area contributed by atoms with Gasteiger partial charge in [-0.3, -0.25) is 4.72 Å². The second-order valence-corrected chi connectivity index (χ2v) is 7.06. The van der Waals surface area contributed by atoms with E-state index in [4.69, 9.17) is 4.74 Å². The van der Waals surface area contributed by atoms with Gasteiger partial charge in [-0.25, -0.2) is 13.1 Å². The Labute approximate surface area is 140 Å². The van der Waals surface area contributed by atoms with Crippen LogP contribution in [-0.2, 0) is 17.1 Å². The van der Waals surface area contributed by atoms with Crippen LogP contribution in [0.4, 0.5) is 5.69 Å². The van der Waals surface area contributed by atoms with Crippen molar-refractivity contribution in [2.24, 2.45) is 7.05 Å². The van der Waals surface area contributed by atoms with E-state index in [1.54, 1.807) is 36.0 Å². The first-order valence-corrected chi connectivity index (χ1v) is 8.95. The molecule has 0 aliphatic heterocycles. The van der Waals surface area contributed by atoms with Gasteiger partial charge in [-0.2, -0.15) is 0 Å². The van der Waals surface area contributed by atoms with E-state index in [-0.39, 0.29) is 4.90 Å². The molecule has 0 unspecified atom stereocenters. The number of anilines is 1. The quantitative estimate of drug-likeness (QED) is 0.767. The predicted molar refractivity (Wildman–Crippen MR) is 91.7 cm³/mol. The molecular formula is C16H18N4O3S. The molecule has 0 amide bonds. The maximum Gasteiger partial charge on any atom is 0.261 e. The number of aryl methyl sites for hydroxylation is 2.